The molecule has 0 N–H and O–H groups in total. The minimum Gasteiger partial charge on any atom is -0.462 e. The molecule has 3 atom stereocenters. The zero-order valence-corrected chi connectivity index (χ0v) is 6.62. The average Bonchev–Trinajstić information content (AvgIpc) is 2.45. The molecule has 1 fully saturated rings. The van der Waals surface area contributed by atoms with Gasteiger partial charge in [-0.2, -0.15) is 0 Å². The Morgan fingerprint density at radius 3 is 2.73 bits per heavy atom. The maximum atomic E-state index is 10.6. The second kappa shape index (κ2) is 2.36. The van der Waals surface area contributed by atoms with E-state index in [1.807, 2.05) is 0 Å². The summed E-state index contributed by atoms with van der Waals surface area (Å²) < 4.78 is 5.15. The molecule has 0 radical (unpaired) electrons. The van der Waals surface area contributed by atoms with E-state index in [0.717, 1.165) is 6.42 Å². The maximum absolute atomic E-state index is 10.6. The molecular weight excluding hydrogens is 140 g/mol. The first-order chi connectivity index (χ1) is 5.25. The van der Waals surface area contributed by atoms with Gasteiger partial charge in [-0.1, -0.05) is 12.2 Å². The number of rotatable bonds is 1. The summed E-state index contributed by atoms with van der Waals surface area (Å²) in [7, 11) is 0. The molecule has 1 saturated carbocycles. The highest BCUT2D eigenvalue weighted by Crippen LogP contribution is 2.40. The highest BCUT2D eigenvalue weighted by molar-refractivity contribution is 5.66. The Morgan fingerprint density at radius 2 is 2.27 bits per heavy atom. The van der Waals surface area contributed by atoms with Crippen molar-refractivity contribution in [2.24, 2.45) is 11.8 Å². The van der Waals surface area contributed by atoms with Crippen LogP contribution in [0.25, 0.3) is 0 Å². The Labute approximate surface area is 66.2 Å². The van der Waals surface area contributed by atoms with Crippen LogP contribution < -0.4 is 0 Å². The predicted octanol–water partition coefficient (Wildman–Crippen LogP) is 1.51. The van der Waals surface area contributed by atoms with Crippen molar-refractivity contribution in [1.82, 2.24) is 0 Å². The molecule has 0 aromatic heterocycles. The lowest BCUT2D eigenvalue weighted by Gasteiger charge is -2.17. The van der Waals surface area contributed by atoms with Crippen LogP contribution in [0.2, 0.25) is 0 Å². The molecule has 2 nitrogen and oxygen atoms in total. The molecular formula is C9H12O2. The first kappa shape index (κ1) is 6.89. The molecule has 2 bridgehead atoms. The fraction of sp³-hybridized carbons (Fsp3) is 0.667. The van der Waals surface area contributed by atoms with Crippen LogP contribution in [0.1, 0.15) is 19.8 Å². The standard InChI is InChI=1S/C9H12O2/c1-6(10)11-9-5-7-2-3-8(9)4-7/h2-3,7-9H,4-5H2,1H3/t7-,8+,9?/m0/s1. The Hall–Kier alpha value is -0.790. The van der Waals surface area contributed by atoms with E-state index in [-0.39, 0.29) is 12.1 Å². The first-order valence-corrected chi connectivity index (χ1v) is 4.11. The topological polar surface area (TPSA) is 26.3 Å². The second-order valence-electron chi connectivity index (χ2n) is 3.43. The van der Waals surface area contributed by atoms with Crippen LogP contribution in [0.3, 0.4) is 0 Å². The van der Waals surface area contributed by atoms with Crippen LogP contribution in [0.5, 0.6) is 0 Å². The third-order valence-electron chi connectivity index (χ3n) is 2.54. The van der Waals surface area contributed by atoms with Crippen LogP contribution in [-0.2, 0) is 9.53 Å². The molecule has 0 aromatic carbocycles. The number of hydrogen-bond donors (Lipinski definition) is 0. The van der Waals surface area contributed by atoms with Gasteiger partial charge in [0.1, 0.15) is 6.10 Å². The molecule has 2 aliphatic rings. The number of ether oxygens (including phenoxy) is 1. The second-order valence-corrected chi connectivity index (χ2v) is 3.43. The minimum atomic E-state index is -0.143. The van der Waals surface area contributed by atoms with Gasteiger partial charge in [0.2, 0.25) is 0 Å². The maximum Gasteiger partial charge on any atom is 0.302 e. The number of carbonyl (C=O) groups excluding carboxylic acids is 1. The lowest BCUT2D eigenvalue weighted by Crippen LogP contribution is -2.20. The molecule has 2 rings (SSSR count). The highest BCUT2D eigenvalue weighted by atomic mass is 16.5. The zero-order valence-electron chi connectivity index (χ0n) is 6.62. The fourth-order valence-corrected chi connectivity index (χ4v) is 2.08. The van der Waals surface area contributed by atoms with Crippen LogP contribution in [-0.4, -0.2) is 12.1 Å². The Morgan fingerprint density at radius 1 is 1.45 bits per heavy atom. The van der Waals surface area contributed by atoms with Crippen LogP contribution in [0.4, 0.5) is 0 Å². The van der Waals surface area contributed by atoms with Gasteiger partial charge < -0.3 is 4.74 Å². The van der Waals surface area contributed by atoms with Gasteiger partial charge >= 0.3 is 5.97 Å². The summed E-state index contributed by atoms with van der Waals surface area (Å²) in [6.07, 6.45) is 6.84. The summed E-state index contributed by atoms with van der Waals surface area (Å²) in [6.45, 7) is 1.48. The third kappa shape index (κ3) is 1.17. The Bertz CT molecular complexity index is 208. The molecule has 0 heterocycles. The Balaban J connectivity index is 1.98. The van der Waals surface area contributed by atoms with Gasteiger partial charge in [-0.25, -0.2) is 0 Å². The van der Waals surface area contributed by atoms with E-state index in [1.165, 1.54) is 13.3 Å². The molecule has 0 aromatic rings. The van der Waals surface area contributed by atoms with Gasteiger partial charge in [-0.15, -0.1) is 0 Å². The summed E-state index contributed by atoms with van der Waals surface area (Å²) >= 11 is 0. The van der Waals surface area contributed by atoms with Gasteiger partial charge in [-0.05, 0) is 18.8 Å². The molecule has 1 unspecified atom stereocenters. The number of allylic oxidation sites excluding steroid dienone is 1. The lowest BCUT2D eigenvalue weighted by molar-refractivity contribution is -0.147. The monoisotopic (exact) mass is 152 g/mol. The minimum absolute atomic E-state index is 0.143. The largest absolute Gasteiger partial charge is 0.462 e. The van der Waals surface area contributed by atoms with Crippen molar-refractivity contribution in [2.45, 2.75) is 25.9 Å². The molecule has 60 valence electrons. The van der Waals surface area contributed by atoms with E-state index >= 15 is 0 Å². The van der Waals surface area contributed by atoms with Gasteiger partial charge in [0.15, 0.2) is 0 Å². The van der Waals surface area contributed by atoms with Crippen LogP contribution >= 0.6 is 0 Å². The summed E-state index contributed by atoms with van der Waals surface area (Å²) in [6, 6.07) is 0. The van der Waals surface area contributed by atoms with Crippen molar-refractivity contribution in [3.8, 4) is 0 Å². The van der Waals surface area contributed by atoms with Gasteiger partial charge in [0.25, 0.3) is 0 Å². The van der Waals surface area contributed by atoms with Crippen molar-refractivity contribution >= 4 is 5.97 Å². The molecule has 11 heavy (non-hydrogen) atoms. The van der Waals surface area contributed by atoms with Crippen molar-refractivity contribution in [1.29, 1.82) is 0 Å². The van der Waals surface area contributed by atoms with Gasteiger partial charge in [-0.3, -0.25) is 4.79 Å². The van der Waals surface area contributed by atoms with Crippen LogP contribution in [0.15, 0.2) is 12.2 Å². The van der Waals surface area contributed by atoms with E-state index in [2.05, 4.69) is 12.2 Å². The molecule has 2 aliphatic carbocycles. The van der Waals surface area contributed by atoms with Crippen molar-refractivity contribution < 1.29 is 9.53 Å². The smallest absolute Gasteiger partial charge is 0.302 e. The predicted molar refractivity (Wildman–Crippen MR) is 40.9 cm³/mol. The number of hydrogen-bond acceptors (Lipinski definition) is 2. The summed E-state index contributed by atoms with van der Waals surface area (Å²) in [5, 5.41) is 0. The van der Waals surface area contributed by atoms with Crippen molar-refractivity contribution in [2.75, 3.05) is 0 Å². The summed E-state index contributed by atoms with van der Waals surface area (Å²) in [4.78, 5) is 10.6. The molecule has 0 saturated heterocycles. The average molecular weight is 152 g/mol. The van der Waals surface area contributed by atoms with Crippen molar-refractivity contribution in [3.05, 3.63) is 12.2 Å². The summed E-state index contributed by atoms with van der Waals surface area (Å²) in [5.41, 5.74) is 0. The highest BCUT2D eigenvalue weighted by Gasteiger charge is 2.37. The first-order valence-electron chi connectivity index (χ1n) is 4.11. The fourth-order valence-electron chi connectivity index (χ4n) is 2.08. The van der Waals surface area contributed by atoms with E-state index in [0.29, 0.717) is 11.8 Å². The van der Waals surface area contributed by atoms with Crippen molar-refractivity contribution in [3.63, 3.8) is 0 Å². The number of fused-ring (bicyclic) bond motifs is 2. The summed E-state index contributed by atoms with van der Waals surface area (Å²) in [5.74, 6) is 1.06. The number of esters is 1. The zero-order chi connectivity index (χ0) is 7.84. The van der Waals surface area contributed by atoms with E-state index in [4.69, 9.17) is 4.74 Å². The molecule has 0 aliphatic heterocycles. The van der Waals surface area contributed by atoms with E-state index in [1.54, 1.807) is 0 Å². The van der Waals surface area contributed by atoms with Gasteiger partial charge in [0.05, 0.1) is 0 Å². The van der Waals surface area contributed by atoms with Gasteiger partial charge in [0, 0.05) is 12.8 Å². The molecule has 2 heteroatoms. The van der Waals surface area contributed by atoms with E-state index < -0.39 is 0 Å². The lowest BCUT2D eigenvalue weighted by atomic mass is 10.0. The quantitative estimate of drug-likeness (QED) is 0.420. The normalized spacial score (nSPS) is 39.5. The third-order valence-corrected chi connectivity index (χ3v) is 2.54. The Kier molecular flexibility index (Phi) is 1.48. The molecule has 0 spiro atoms. The van der Waals surface area contributed by atoms with Crippen LogP contribution in [0, 0.1) is 11.8 Å². The van der Waals surface area contributed by atoms with E-state index in [9.17, 15) is 4.79 Å². The number of carbonyl (C=O) groups is 1. The molecule has 0 amide bonds. The SMILES string of the molecule is CC(=O)OC1C[C@H]2C=C[C@@H]1C2.